The van der Waals surface area contributed by atoms with Crippen LogP contribution in [0.25, 0.3) is 93.3 Å². The van der Waals surface area contributed by atoms with Crippen molar-refractivity contribution < 1.29 is 0 Å². The third-order valence-corrected chi connectivity index (χ3v) is 13.2. The lowest BCUT2D eigenvalue weighted by Crippen LogP contribution is -2.09. The zero-order valence-electron chi connectivity index (χ0n) is 35.5. The van der Waals surface area contributed by atoms with Crippen LogP contribution >= 0.6 is 0 Å². The first kappa shape index (κ1) is 37.2. The van der Waals surface area contributed by atoms with Crippen LogP contribution in [0.2, 0.25) is 0 Å². The van der Waals surface area contributed by atoms with E-state index in [1.54, 1.807) is 0 Å². The molecule has 0 aliphatic heterocycles. The Morgan fingerprint density at radius 1 is 0.333 bits per heavy atom. The van der Waals surface area contributed by atoms with Crippen LogP contribution in [-0.4, -0.2) is 13.7 Å². The number of benzene rings is 10. The lowest BCUT2D eigenvalue weighted by Gasteiger charge is -2.25. The molecular weight excluding hydrogens is 805 g/mol. The van der Waals surface area contributed by atoms with Crippen molar-refractivity contribution >= 4 is 93.3 Å². The second-order valence-corrected chi connectivity index (χ2v) is 16.7. The number of anilines is 3. The van der Waals surface area contributed by atoms with Crippen LogP contribution in [-0.2, 0) is 0 Å². The second kappa shape index (κ2) is 14.6. The summed E-state index contributed by atoms with van der Waals surface area (Å²) in [6.07, 6.45) is 0. The molecule has 0 aliphatic rings. The van der Waals surface area contributed by atoms with Gasteiger partial charge < -0.3 is 18.6 Å². The fraction of sp³-hybridized carbons (Fsp3) is 0. The van der Waals surface area contributed by atoms with E-state index < -0.39 is 0 Å². The summed E-state index contributed by atoms with van der Waals surface area (Å²) < 4.78 is 6.72. The van der Waals surface area contributed by atoms with Gasteiger partial charge in [0.05, 0.1) is 55.6 Å². The van der Waals surface area contributed by atoms with Crippen LogP contribution in [0.3, 0.4) is 0 Å². The Hall–Kier alpha value is -9.36. The van der Waals surface area contributed by atoms with E-state index in [1.165, 1.54) is 0 Å². The third kappa shape index (κ3) is 5.40. The maximum absolute atomic E-state index is 11.3. The van der Waals surface area contributed by atoms with Gasteiger partial charge in [-0.2, -0.15) is 10.5 Å². The molecule has 6 nitrogen and oxygen atoms in total. The minimum Gasteiger partial charge on any atom is -0.310 e. The topological polar surface area (TPSA) is 65.6 Å². The molecule has 10 aromatic carbocycles. The number of aromatic nitrogens is 3. The standard InChI is InChI=1S/C60H36N6/c61-37-40-35-57(66-53-27-15-13-25-48(53)50-31-30-49-47-24-12-14-26-52(47)64(59(49)60(50)66)44-21-8-3-9-22-44)41(38-62)34-56(40)65-54-33-29-45(63(42-17-4-1-5-18-42)43-19-6-2-7-20-43)36-51(54)58-46-23-11-10-16-39(46)28-32-55(58)65/h1-36H. The first-order valence-corrected chi connectivity index (χ1v) is 22.1. The van der Waals surface area contributed by atoms with Gasteiger partial charge in [-0.1, -0.05) is 133 Å². The Morgan fingerprint density at radius 3 is 1.44 bits per heavy atom. The fourth-order valence-corrected chi connectivity index (χ4v) is 10.5. The molecule has 0 N–H and O–H groups in total. The summed E-state index contributed by atoms with van der Waals surface area (Å²) in [4.78, 5) is 2.27. The molecule has 3 aromatic heterocycles. The van der Waals surface area contributed by atoms with E-state index in [4.69, 9.17) is 0 Å². The van der Waals surface area contributed by atoms with Crippen molar-refractivity contribution in [1.82, 2.24) is 13.7 Å². The number of nitrogens with zero attached hydrogens (tertiary/aromatic N) is 6. The molecule has 0 aliphatic carbocycles. The van der Waals surface area contributed by atoms with Crippen LogP contribution in [0.15, 0.2) is 218 Å². The molecule has 0 saturated heterocycles. The highest BCUT2D eigenvalue weighted by molar-refractivity contribution is 6.24. The van der Waals surface area contributed by atoms with Gasteiger partial charge in [-0.05, 0) is 95.7 Å². The van der Waals surface area contributed by atoms with Crippen LogP contribution < -0.4 is 4.90 Å². The number of fused-ring (bicyclic) bond motifs is 12. The average Bonchev–Trinajstić information content (AvgIpc) is 4.03. The van der Waals surface area contributed by atoms with Crippen LogP contribution in [0.5, 0.6) is 0 Å². The molecule has 0 spiro atoms. The second-order valence-electron chi connectivity index (χ2n) is 16.7. The molecule has 13 aromatic rings. The normalized spacial score (nSPS) is 11.6. The zero-order chi connectivity index (χ0) is 43.9. The maximum atomic E-state index is 11.3. The number of hydrogen-bond acceptors (Lipinski definition) is 3. The van der Waals surface area contributed by atoms with Gasteiger partial charge in [0.2, 0.25) is 0 Å². The summed E-state index contributed by atoms with van der Waals surface area (Å²) in [5, 5.41) is 31.4. The van der Waals surface area contributed by atoms with Crippen LogP contribution in [0, 0.1) is 22.7 Å². The Labute approximate surface area is 379 Å². The quantitative estimate of drug-likeness (QED) is 0.167. The monoisotopic (exact) mass is 840 g/mol. The first-order valence-electron chi connectivity index (χ1n) is 22.1. The highest BCUT2D eigenvalue weighted by Gasteiger charge is 2.25. The van der Waals surface area contributed by atoms with Crippen molar-refractivity contribution in [1.29, 1.82) is 10.5 Å². The summed E-state index contributed by atoms with van der Waals surface area (Å²) in [5.41, 5.74) is 12.3. The number of para-hydroxylation sites is 5. The van der Waals surface area contributed by atoms with E-state index in [-0.39, 0.29) is 0 Å². The molecule has 0 radical (unpaired) electrons. The molecule has 3 heterocycles. The largest absolute Gasteiger partial charge is 0.310 e. The van der Waals surface area contributed by atoms with E-state index in [0.29, 0.717) is 22.5 Å². The summed E-state index contributed by atoms with van der Waals surface area (Å²) in [6.45, 7) is 0. The molecule has 0 saturated carbocycles. The molecule has 0 amide bonds. The van der Waals surface area contributed by atoms with Gasteiger partial charge in [0.25, 0.3) is 0 Å². The molecule has 6 heteroatoms. The molecule has 0 fully saturated rings. The number of nitriles is 2. The molecule has 0 unspecified atom stereocenters. The predicted molar refractivity (Wildman–Crippen MR) is 271 cm³/mol. The van der Waals surface area contributed by atoms with Crippen molar-refractivity contribution in [3.05, 3.63) is 230 Å². The fourth-order valence-electron chi connectivity index (χ4n) is 10.5. The highest BCUT2D eigenvalue weighted by atomic mass is 15.1. The van der Waals surface area contributed by atoms with Gasteiger partial charge in [-0.3, -0.25) is 0 Å². The predicted octanol–water partition coefficient (Wildman–Crippen LogP) is 15.3. The molecular formula is C60H36N6. The summed E-state index contributed by atoms with van der Waals surface area (Å²) in [6, 6.07) is 81.0. The van der Waals surface area contributed by atoms with Gasteiger partial charge >= 0.3 is 0 Å². The molecule has 66 heavy (non-hydrogen) atoms. The van der Waals surface area contributed by atoms with Crippen molar-refractivity contribution in [2.75, 3.05) is 4.90 Å². The van der Waals surface area contributed by atoms with Crippen molar-refractivity contribution in [3.63, 3.8) is 0 Å². The minimum atomic E-state index is 0.456. The molecule has 13 rings (SSSR count). The third-order valence-electron chi connectivity index (χ3n) is 13.2. The Balaban J connectivity index is 1.11. The van der Waals surface area contributed by atoms with Crippen LogP contribution in [0.1, 0.15) is 11.1 Å². The Bertz CT molecular complexity index is 4140. The SMILES string of the molecule is N#Cc1cc(-n2c3ccccc3c3ccc4c5ccccc5n(-c5ccccc5)c4c32)c(C#N)cc1-n1c2ccc(N(c3ccccc3)c3ccccc3)cc2c2c3ccccc3ccc21. The highest BCUT2D eigenvalue weighted by Crippen LogP contribution is 2.45. The van der Waals surface area contributed by atoms with Gasteiger partial charge in [-0.25, -0.2) is 0 Å². The average molecular weight is 841 g/mol. The van der Waals surface area contributed by atoms with Crippen molar-refractivity contribution in [2.24, 2.45) is 0 Å². The summed E-state index contributed by atoms with van der Waals surface area (Å²) in [5.74, 6) is 0. The Kier molecular flexibility index (Phi) is 8.24. The number of rotatable bonds is 6. The van der Waals surface area contributed by atoms with E-state index in [9.17, 15) is 10.5 Å². The Morgan fingerprint density at radius 2 is 0.818 bits per heavy atom. The van der Waals surface area contributed by atoms with E-state index in [0.717, 1.165) is 98.9 Å². The molecule has 0 atom stereocenters. The minimum absolute atomic E-state index is 0.456. The zero-order valence-corrected chi connectivity index (χ0v) is 35.5. The van der Waals surface area contributed by atoms with E-state index in [1.807, 2.05) is 36.4 Å². The van der Waals surface area contributed by atoms with Gasteiger partial charge in [0.15, 0.2) is 0 Å². The van der Waals surface area contributed by atoms with Gasteiger partial charge in [0, 0.05) is 55.1 Å². The smallest absolute Gasteiger partial charge is 0.101 e. The molecule has 306 valence electrons. The molecule has 0 bridgehead atoms. The summed E-state index contributed by atoms with van der Waals surface area (Å²) in [7, 11) is 0. The summed E-state index contributed by atoms with van der Waals surface area (Å²) >= 11 is 0. The lowest BCUT2D eigenvalue weighted by atomic mass is 10.0. The van der Waals surface area contributed by atoms with E-state index in [2.05, 4.69) is 213 Å². The first-order chi connectivity index (χ1) is 32.7. The van der Waals surface area contributed by atoms with Gasteiger partial charge in [-0.15, -0.1) is 0 Å². The van der Waals surface area contributed by atoms with Crippen molar-refractivity contribution in [3.8, 4) is 29.2 Å². The number of hydrogen-bond donors (Lipinski definition) is 0. The van der Waals surface area contributed by atoms with Crippen molar-refractivity contribution in [2.45, 2.75) is 0 Å². The van der Waals surface area contributed by atoms with Gasteiger partial charge in [0.1, 0.15) is 12.1 Å². The van der Waals surface area contributed by atoms with Crippen LogP contribution in [0.4, 0.5) is 17.1 Å². The lowest BCUT2D eigenvalue weighted by molar-refractivity contribution is 1.12. The van der Waals surface area contributed by atoms with E-state index >= 15 is 0 Å². The maximum Gasteiger partial charge on any atom is 0.101 e.